The Labute approximate surface area is 176 Å². The highest BCUT2D eigenvalue weighted by atomic mass is 16.5. The summed E-state index contributed by atoms with van der Waals surface area (Å²) in [6.45, 7) is 8.30. The molecule has 1 unspecified atom stereocenters. The second kappa shape index (κ2) is 8.95. The molecule has 2 saturated heterocycles. The average Bonchev–Trinajstić information content (AvgIpc) is 3.41. The fourth-order valence-corrected chi connectivity index (χ4v) is 4.07. The molecule has 4 rings (SSSR count). The van der Waals surface area contributed by atoms with Gasteiger partial charge in [0.15, 0.2) is 0 Å². The molecule has 3 heterocycles. The Kier molecular flexibility index (Phi) is 6.13. The average molecular weight is 412 g/mol. The zero-order valence-corrected chi connectivity index (χ0v) is 17.7. The fraction of sp³-hybridized carbons (Fsp3) is 0.545. The number of carbonyl (C=O) groups is 2. The summed E-state index contributed by atoms with van der Waals surface area (Å²) in [5.74, 6) is 1.49. The van der Waals surface area contributed by atoms with Gasteiger partial charge >= 0.3 is 0 Å². The smallest absolute Gasteiger partial charge is 0.244 e. The molecule has 0 spiro atoms. The van der Waals surface area contributed by atoms with Gasteiger partial charge in [-0.25, -0.2) is 0 Å². The van der Waals surface area contributed by atoms with Gasteiger partial charge in [-0.05, 0) is 20.3 Å². The maximum atomic E-state index is 12.5. The first kappa shape index (κ1) is 20.5. The lowest BCUT2D eigenvalue weighted by molar-refractivity contribution is -0.134. The van der Waals surface area contributed by atoms with E-state index in [0.29, 0.717) is 44.2 Å². The van der Waals surface area contributed by atoms with Crippen LogP contribution in [0, 0.1) is 6.92 Å². The van der Waals surface area contributed by atoms with Gasteiger partial charge in [0, 0.05) is 57.7 Å². The van der Waals surface area contributed by atoms with E-state index in [4.69, 9.17) is 4.52 Å². The SMILES string of the molecule is Cc1ccc(-c2noc(C(C)N3CCN(C(=O)CCN4CCCC4=O)CC3)n2)cc1. The van der Waals surface area contributed by atoms with E-state index in [2.05, 4.69) is 22.0 Å². The summed E-state index contributed by atoms with van der Waals surface area (Å²) in [4.78, 5) is 34.8. The molecule has 1 aromatic carbocycles. The van der Waals surface area contributed by atoms with E-state index in [9.17, 15) is 9.59 Å². The highest BCUT2D eigenvalue weighted by molar-refractivity contribution is 5.80. The van der Waals surface area contributed by atoms with Crippen molar-refractivity contribution in [2.45, 2.75) is 39.2 Å². The summed E-state index contributed by atoms with van der Waals surface area (Å²) in [5.41, 5.74) is 2.13. The van der Waals surface area contributed by atoms with Crippen LogP contribution in [0.25, 0.3) is 11.4 Å². The molecular weight excluding hydrogens is 382 g/mol. The molecule has 2 fully saturated rings. The Morgan fingerprint density at radius 2 is 1.87 bits per heavy atom. The molecule has 0 aliphatic carbocycles. The Balaban J connectivity index is 1.28. The third-order valence-electron chi connectivity index (χ3n) is 6.09. The molecule has 8 heteroatoms. The molecule has 0 bridgehead atoms. The van der Waals surface area contributed by atoms with Crippen LogP contribution < -0.4 is 0 Å². The number of likely N-dealkylation sites (tertiary alicyclic amines) is 1. The quantitative estimate of drug-likeness (QED) is 0.725. The number of aryl methyl sites for hydroxylation is 1. The second-order valence-corrected chi connectivity index (χ2v) is 8.15. The van der Waals surface area contributed by atoms with Crippen LogP contribution in [-0.4, -0.2) is 75.9 Å². The number of carbonyl (C=O) groups excluding carboxylic acids is 2. The van der Waals surface area contributed by atoms with Crippen molar-refractivity contribution in [1.29, 1.82) is 0 Å². The molecule has 160 valence electrons. The number of benzene rings is 1. The van der Waals surface area contributed by atoms with Crippen LogP contribution in [0.1, 0.15) is 43.7 Å². The van der Waals surface area contributed by atoms with Crippen LogP contribution in [0.5, 0.6) is 0 Å². The third-order valence-corrected chi connectivity index (χ3v) is 6.09. The zero-order valence-electron chi connectivity index (χ0n) is 17.7. The molecular formula is C22H29N5O3. The maximum Gasteiger partial charge on any atom is 0.244 e. The van der Waals surface area contributed by atoms with Crippen molar-refractivity contribution in [3.8, 4) is 11.4 Å². The standard InChI is InChI=1S/C22H29N5O3/c1-16-5-7-18(8-6-16)21-23-22(30-24-21)17(2)25-12-14-27(15-13-25)20(29)9-11-26-10-3-4-19(26)28/h5-8,17H,3-4,9-15H2,1-2H3. The number of hydrogen-bond donors (Lipinski definition) is 0. The van der Waals surface area contributed by atoms with Crippen LogP contribution in [0.15, 0.2) is 28.8 Å². The predicted octanol–water partition coefficient (Wildman–Crippen LogP) is 2.26. The molecule has 8 nitrogen and oxygen atoms in total. The highest BCUT2D eigenvalue weighted by Gasteiger charge is 2.28. The molecule has 1 atom stereocenters. The summed E-state index contributed by atoms with van der Waals surface area (Å²) < 4.78 is 5.52. The Hall–Kier alpha value is -2.74. The van der Waals surface area contributed by atoms with Gasteiger partial charge in [0.1, 0.15) is 0 Å². The first-order valence-electron chi connectivity index (χ1n) is 10.7. The van der Waals surface area contributed by atoms with Gasteiger partial charge < -0.3 is 14.3 Å². The number of hydrogen-bond acceptors (Lipinski definition) is 6. The minimum atomic E-state index is -0.00354. The Morgan fingerprint density at radius 3 is 2.53 bits per heavy atom. The van der Waals surface area contributed by atoms with Gasteiger partial charge in [-0.1, -0.05) is 35.0 Å². The van der Waals surface area contributed by atoms with E-state index in [1.807, 2.05) is 36.1 Å². The van der Waals surface area contributed by atoms with Gasteiger partial charge in [-0.15, -0.1) is 0 Å². The minimum absolute atomic E-state index is 0.00354. The topological polar surface area (TPSA) is 82.8 Å². The van der Waals surface area contributed by atoms with E-state index >= 15 is 0 Å². The number of aromatic nitrogens is 2. The molecule has 30 heavy (non-hydrogen) atoms. The number of amides is 2. The first-order chi connectivity index (χ1) is 14.5. The van der Waals surface area contributed by atoms with Crippen LogP contribution in [0.3, 0.4) is 0 Å². The minimum Gasteiger partial charge on any atom is -0.342 e. The summed E-state index contributed by atoms with van der Waals surface area (Å²) in [6.07, 6.45) is 1.93. The number of rotatable bonds is 6. The van der Waals surface area contributed by atoms with Crippen LogP contribution >= 0.6 is 0 Å². The lowest BCUT2D eigenvalue weighted by atomic mass is 10.1. The third kappa shape index (κ3) is 4.53. The van der Waals surface area contributed by atoms with E-state index in [0.717, 1.165) is 31.6 Å². The second-order valence-electron chi connectivity index (χ2n) is 8.15. The van der Waals surface area contributed by atoms with Gasteiger partial charge in [0.25, 0.3) is 0 Å². The monoisotopic (exact) mass is 411 g/mol. The highest BCUT2D eigenvalue weighted by Crippen LogP contribution is 2.24. The van der Waals surface area contributed by atoms with Gasteiger partial charge in [0.05, 0.1) is 6.04 Å². The van der Waals surface area contributed by atoms with E-state index < -0.39 is 0 Å². The van der Waals surface area contributed by atoms with Crippen molar-refractivity contribution in [3.05, 3.63) is 35.7 Å². The first-order valence-corrected chi connectivity index (χ1v) is 10.7. The number of piperazine rings is 1. The van der Waals surface area contributed by atoms with E-state index in [1.54, 1.807) is 4.90 Å². The predicted molar refractivity (Wildman–Crippen MR) is 111 cm³/mol. The van der Waals surface area contributed by atoms with Crippen LogP contribution in [-0.2, 0) is 9.59 Å². The Bertz CT molecular complexity index is 886. The summed E-state index contributed by atoms with van der Waals surface area (Å²) in [5, 5.41) is 4.13. The molecule has 0 saturated carbocycles. The van der Waals surface area contributed by atoms with Gasteiger partial charge in [0.2, 0.25) is 23.5 Å². The normalized spacial score (nSPS) is 18.8. The lowest BCUT2D eigenvalue weighted by Gasteiger charge is -2.37. The molecule has 1 aromatic heterocycles. The molecule has 2 aromatic rings. The van der Waals surface area contributed by atoms with Crippen molar-refractivity contribution < 1.29 is 14.1 Å². The van der Waals surface area contributed by atoms with Crippen LogP contribution in [0.4, 0.5) is 0 Å². The molecule has 2 aliphatic heterocycles. The fourth-order valence-electron chi connectivity index (χ4n) is 4.07. The van der Waals surface area contributed by atoms with Crippen molar-refractivity contribution in [2.24, 2.45) is 0 Å². The van der Waals surface area contributed by atoms with E-state index in [1.165, 1.54) is 5.56 Å². The largest absolute Gasteiger partial charge is 0.342 e. The molecule has 0 N–H and O–H groups in total. The lowest BCUT2D eigenvalue weighted by Crippen LogP contribution is -2.49. The van der Waals surface area contributed by atoms with Crippen LogP contribution in [0.2, 0.25) is 0 Å². The maximum absolute atomic E-state index is 12.5. The van der Waals surface area contributed by atoms with Gasteiger partial charge in [-0.2, -0.15) is 4.98 Å². The van der Waals surface area contributed by atoms with Crippen molar-refractivity contribution >= 4 is 11.8 Å². The van der Waals surface area contributed by atoms with Crippen molar-refractivity contribution in [2.75, 3.05) is 39.3 Å². The van der Waals surface area contributed by atoms with E-state index in [-0.39, 0.29) is 17.9 Å². The molecule has 2 amide bonds. The van der Waals surface area contributed by atoms with Crippen molar-refractivity contribution in [1.82, 2.24) is 24.8 Å². The number of nitrogens with zero attached hydrogens (tertiary/aromatic N) is 5. The summed E-state index contributed by atoms with van der Waals surface area (Å²) >= 11 is 0. The molecule has 2 aliphatic rings. The Morgan fingerprint density at radius 1 is 1.13 bits per heavy atom. The summed E-state index contributed by atoms with van der Waals surface area (Å²) in [6, 6.07) is 8.05. The summed E-state index contributed by atoms with van der Waals surface area (Å²) in [7, 11) is 0. The van der Waals surface area contributed by atoms with Crippen molar-refractivity contribution in [3.63, 3.8) is 0 Å². The van der Waals surface area contributed by atoms with Gasteiger partial charge in [-0.3, -0.25) is 14.5 Å². The molecule has 0 radical (unpaired) electrons. The zero-order chi connectivity index (χ0) is 21.1.